The molecule has 1 heterocycles. The molecule has 30 heavy (non-hydrogen) atoms. The highest BCUT2D eigenvalue weighted by Gasteiger charge is 2.35. The predicted octanol–water partition coefficient (Wildman–Crippen LogP) is 4.79. The number of fused-ring (bicyclic) bond motifs is 2. The normalized spacial score (nSPS) is 13.2. The molecule has 0 radical (unpaired) electrons. The number of ether oxygens (including phenoxy) is 1. The molecule has 3 aromatic carbocycles. The molecule has 0 unspecified atom stereocenters. The van der Waals surface area contributed by atoms with E-state index >= 15 is 0 Å². The summed E-state index contributed by atoms with van der Waals surface area (Å²) in [5, 5.41) is 10.2. The SMILES string of the molecule is CCc1c2c(c(OC(F)F)c3ccccc13)CN(c1ccc(CC(=O)O)cc1)C2=O. The summed E-state index contributed by atoms with van der Waals surface area (Å²) in [7, 11) is 0. The van der Waals surface area contributed by atoms with Crippen LogP contribution in [-0.2, 0) is 24.2 Å². The summed E-state index contributed by atoms with van der Waals surface area (Å²) in [4.78, 5) is 25.7. The topological polar surface area (TPSA) is 66.8 Å². The number of carbonyl (C=O) groups is 2. The lowest BCUT2D eigenvalue weighted by molar-refractivity contribution is -0.136. The van der Waals surface area contributed by atoms with E-state index in [0.29, 0.717) is 34.2 Å². The van der Waals surface area contributed by atoms with Gasteiger partial charge in [-0.3, -0.25) is 9.59 Å². The number of aryl methyl sites for hydroxylation is 1. The highest BCUT2D eigenvalue weighted by Crippen LogP contribution is 2.43. The van der Waals surface area contributed by atoms with Gasteiger partial charge in [0.2, 0.25) is 0 Å². The number of hydrogen-bond acceptors (Lipinski definition) is 3. The molecule has 1 aliphatic rings. The second-order valence-electron chi connectivity index (χ2n) is 7.07. The summed E-state index contributed by atoms with van der Waals surface area (Å²) in [5.41, 5.74) is 2.83. The Balaban J connectivity index is 1.83. The number of alkyl halides is 2. The van der Waals surface area contributed by atoms with Crippen molar-refractivity contribution in [1.82, 2.24) is 0 Å². The van der Waals surface area contributed by atoms with E-state index in [2.05, 4.69) is 0 Å². The highest BCUT2D eigenvalue weighted by molar-refractivity contribution is 6.15. The second kappa shape index (κ2) is 7.74. The Kier molecular flexibility index (Phi) is 5.11. The van der Waals surface area contributed by atoms with Crippen molar-refractivity contribution in [3.8, 4) is 5.75 Å². The molecule has 0 bridgehead atoms. The molecular weight excluding hydrogens is 392 g/mol. The first-order valence-electron chi connectivity index (χ1n) is 9.54. The summed E-state index contributed by atoms with van der Waals surface area (Å²) in [6.45, 7) is -0.983. The molecule has 0 saturated carbocycles. The number of aliphatic carboxylic acids is 1. The monoisotopic (exact) mass is 411 g/mol. The van der Waals surface area contributed by atoms with E-state index in [1.165, 1.54) is 4.90 Å². The van der Waals surface area contributed by atoms with Crippen LogP contribution in [-0.4, -0.2) is 23.6 Å². The molecule has 7 heteroatoms. The molecule has 0 fully saturated rings. The Morgan fingerprint density at radius 2 is 1.80 bits per heavy atom. The lowest BCUT2D eigenvalue weighted by atomic mass is 9.92. The number of carbonyl (C=O) groups excluding carboxylic acids is 1. The quantitative estimate of drug-likeness (QED) is 0.633. The molecule has 0 aliphatic carbocycles. The van der Waals surface area contributed by atoms with Gasteiger partial charge in [-0.05, 0) is 35.1 Å². The largest absolute Gasteiger partial charge is 0.481 e. The van der Waals surface area contributed by atoms with Crippen LogP contribution < -0.4 is 9.64 Å². The average molecular weight is 411 g/mol. The summed E-state index contributed by atoms with van der Waals surface area (Å²) < 4.78 is 31.3. The number of carboxylic acid groups (broad SMARTS) is 1. The fraction of sp³-hybridized carbons (Fsp3) is 0.217. The van der Waals surface area contributed by atoms with E-state index in [0.717, 1.165) is 10.9 Å². The van der Waals surface area contributed by atoms with Crippen LogP contribution in [0.5, 0.6) is 5.75 Å². The zero-order chi connectivity index (χ0) is 21.4. The van der Waals surface area contributed by atoms with Gasteiger partial charge >= 0.3 is 12.6 Å². The third-order valence-corrected chi connectivity index (χ3v) is 5.31. The zero-order valence-corrected chi connectivity index (χ0v) is 16.2. The van der Waals surface area contributed by atoms with Crippen molar-refractivity contribution in [3.05, 3.63) is 70.8 Å². The zero-order valence-electron chi connectivity index (χ0n) is 16.2. The lowest BCUT2D eigenvalue weighted by Gasteiger charge is -2.16. The van der Waals surface area contributed by atoms with Crippen LogP contribution >= 0.6 is 0 Å². The maximum atomic E-state index is 13.3. The summed E-state index contributed by atoms with van der Waals surface area (Å²) in [6.07, 6.45) is 0.446. The Hall–Kier alpha value is -3.48. The number of amides is 1. The van der Waals surface area contributed by atoms with Crippen LogP contribution in [0, 0.1) is 0 Å². The lowest BCUT2D eigenvalue weighted by Crippen LogP contribution is -2.23. The number of anilines is 1. The van der Waals surface area contributed by atoms with Gasteiger partial charge in [-0.15, -0.1) is 0 Å². The van der Waals surface area contributed by atoms with Gasteiger partial charge in [-0.2, -0.15) is 8.78 Å². The van der Waals surface area contributed by atoms with Crippen LogP contribution in [0.25, 0.3) is 10.8 Å². The summed E-state index contributed by atoms with van der Waals surface area (Å²) in [6, 6.07) is 13.7. The maximum Gasteiger partial charge on any atom is 0.387 e. The fourth-order valence-electron chi connectivity index (χ4n) is 4.08. The first-order valence-corrected chi connectivity index (χ1v) is 9.54. The molecule has 3 aromatic rings. The molecule has 0 atom stereocenters. The van der Waals surface area contributed by atoms with Gasteiger partial charge in [-0.25, -0.2) is 0 Å². The molecule has 154 valence electrons. The molecule has 1 amide bonds. The Morgan fingerprint density at radius 3 is 2.40 bits per heavy atom. The van der Waals surface area contributed by atoms with E-state index in [1.54, 1.807) is 42.5 Å². The van der Waals surface area contributed by atoms with Gasteiger partial charge in [0.1, 0.15) is 5.75 Å². The van der Waals surface area contributed by atoms with Crippen LogP contribution in [0.2, 0.25) is 0 Å². The third-order valence-electron chi connectivity index (χ3n) is 5.31. The minimum atomic E-state index is -3.01. The number of benzene rings is 3. The number of nitrogens with zero attached hydrogens (tertiary/aromatic N) is 1. The van der Waals surface area contributed by atoms with Crippen LogP contribution in [0.3, 0.4) is 0 Å². The molecule has 1 aliphatic heterocycles. The molecule has 4 rings (SSSR count). The molecule has 5 nitrogen and oxygen atoms in total. The van der Waals surface area contributed by atoms with Crippen molar-refractivity contribution >= 4 is 28.3 Å². The van der Waals surface area contributed by atoms with Gasteiger partial charge in [0.05, 0.1) is 18.5 Å². The van der Waals surface area contributed by atoms with Crippen LogP contribution in [0.1, 0.15) is 34.0 Å². The van der Waals surface area contributed by atoms with Crippen molar-refractivity contribution < 1.29 is 28.2 Å². The summed E-state index contributed by atoms with van der Waals surface area (Å²) >= 11 is 0. The maximum absolute atomic E-state index is 13.3. The minimum absolute atomic E-state index is 0.0335. The van der Waals surface area contributed by atoms with Crippen LogP contribution in [0.15, 0.2) is 48.5 Å². The van der Waals surface area contributed by atoms with E-state index in [9.17, 15) is 18.4 Å². The molecule has 1 N–H and O–H groups in total. The Bertz CT molecular complexity index is 1140. The molecule has 0 saturated heterocycles. The van der Waals surface area contributed by atoms with Crippen molar-refractivity contribution in [1.29, 1.82) is 0 Å². The first-order chi connectivity index (χ1) is 14.4. The van der Waals surface area contributed by atoms with Gasteiger partial charge in [-0.1, -0.05) is 43.3 Å². The van der Waals surface area contributed by atoms with E-state index < -0.39 is 12.6 Å². The number of hydrogen-bond donors (Lipinski definition) is 1. The van der Waals surface area contributed by atoms with Crippen molar-refractivity contribution in [2.75, 3.05) is 4.90 Å². The van der Waals surface area contributed by atoms with Gasteiger partial charge in [0.15, 0.2) is 0 Å². The molecule has 0 spiro atoms. The smallest absolute Gasteiger partial charge is 0.387 e. The number of halogens is 2. The predicted molar refractivity (Wildman–Crippen MR) is 108 cm³/mol. The minimum Gasteiger partial charge on any atom is -0.481 e. The standard InChI is InChI=1S/C23H19F2NO4/c1-2-15-16-5-3-4-6-17(16)21(30-23(24)25)18-12-26(22(29)20(15)18)14-9-7-13(8-10-14)11-19(27)28/h3-10,23H,2,11-12H2,1H3,(H,27,28). The fourth-order valence-corrected chi connectivity index (χ4v) is 4.08. The molecule has 0 aromatic heterocycles. The van der Waals surface area contributed by atoms with Crippen LogP contribution in [0.4, 0.5) is 14.5 Å². The third kappa shape index (κ3) is 3.36. The van der Waals surface area contributed by atoms with E-state index in [-0.39, 0.29) is 24.6 Å². The van der Waals surface area contributed by atoms with E-state index in [1.807, 2.05) is 13.0 Å². The van der Waals surface area contributed by atoms with Crippen molar-refractivity contribution in [3.63, 3.8) is 0 Å². The average Bonchev–Trinajstić information content (AvgIpc) is 3.05. The highest BCUT2D eigenvalue weighted by atomic mass is 19.3. The second-order valence-corrected chi connectivity index (χ2v) is 7.07. The first kappa shape index (κ1) is 19.8. The van der Waals surface area contributed by atoms with Gasteiger partial charge in [0, 0.05) is 16.6 Å². The molecular formula is C23H19F2NO4. The number of carboxylic acids is 1. The van der Waals surface area contributed by atoms with Crippen molar-refractivity contribution in [2.24, 2.45) is 0 Å². The van der Waals surface area contributed by atoms with Gasteiger partial charge < -0.3 is 14.7 Å². The van der Waals surface area contributed by atoms with Gasteiger partial charge in [0.25, 0.3) is 5.91 Å². The number of rotatable bonds is 6. The Labute approximate surface area is 171 Å². The van der Waals surface area contributed by atoms with E-state index in [4.69, 9.17) is 9.84 Å². The summed E-state index contributed by atoms with van der Waals surface area (Å²) in [5.74, 6) is -1.19. The van der Waals surface area contributed by atoms with Crippen molar-refractivity contribution in [2.45, 2.75) is 32.9 Å². The Morgan fingerprint density at radius 1 is 1.13 bits per heavy atom.